The Bertz CT molecular complexity index is 350. The second kappa shape index (κ2) is 7.09. The third kappa shape index (κ3) is 3.97. The maximum Gasteiger partial charge on any atom is 0.303 e. The fourth-order valence-corrected chi connectivity index (χ4v) is 3.72. The van der Waals surface area contributed by atoms with Gasteiger partial charge in [-0.15, -0.1) is 0 Å². The zero-order valence-corrected chi connectivity index (χ0v) is 12.5. The van der Waals surface area contributed by atoms with Crippen LogP contribution in [0.15, 0.2) is 0 Å². The molecule has 1 saturated heterocycles. The predicted octanol–water partition coefficient (Wildman–Crippen LogP) is 2.92. The number of carboxylic acid groups (broad SMARTS) is 1. The van der Waals surface area contributed by atoms with E-state index in [2.05, 4.69) is 0 Å². The van der Waals surface area contributed by atoms with Gasteiger partial charge in [0.05, 0.1) is 0 Å². The lowest BCUT2D eigenvalue weighted by Gasteiger charge is -2.38. The number of likely N-dealkylation sites (tertiary alicyclic amines) is 1. The first-order valence-electron chi connectivity index (χ1n) is 8.08. The Balaban J connectivity index is 1.88. The van der Waals surface area contributed by atoms with E-state index < -0.39 is 5.97 Å². The number of aliphatic carboxylic acids is 1. The first kappa shape index (κ1) is 15.3. The largest absolute Gasteiger partial charge is 0.481 e. The van der Waals surface area contributed by atoms with Crippen molar-refractivity contribution in [3.63, 3.8) is 0 Å². The van der Waals surface area contributed by atoms with E-state index in [9.17, 15) is 9.59 Å². The van der Waals surface area contributed by atoms with Crippen LogP contribution >= 0.6 is 0 Å². The van der Waals surface area contributed by atoms with Gasteiger partial charge in [0, 0.05) is 25.4 Å². The van der Waals surface area contributed by atoms with Crippen molar-refractivity contribution < 1.29 is 14.7 Å². The number of piperidine rings is 1. The topological polar surface area (TPSA) is 57.6 Å². The third-order valence-corrected chi connectivity index (χ3v) is 5.03. The lowest BCUT2D eigenvalue weighted by molar-refractivity contribution is -0.140. The highest BCUT2D eigenvalue weighted by molar-refractivity contribution is 5.79. The number of hydrogen-bond donors (Lipinski definition) is 1. The molecule has 2 unspecified atom stereocenters. The summed E-state index contributed by atoms with van der Waals surface area (Å²) in [5, 5.41) is 8.91. The molecule has 2 aliphatic rings. The summed E-state index contributed by atoms with van der Waals surface area (Å²) in [4.78, 5) is 25.4. The van der Waals surface area contributed by atoms with E-state index in [0.29, 0.717) is 11.8 Å². The van der Waals surface area contributed by atoms with E-state index >= 15 is 0 Å². The normalized spacial score (nSPS) is 26.2. The van der Waals surface area contributed by atoms with Crippen molar-refractivity contribution in [2.45, 2.75) is 58.3 Å². The maximum absolute atomic E-state index is 12.6. The van der Waals surface area contributed by atoms with Crippen molar-refractivity contribution in [1.82, 2.24) is 4.90 Å². The molecule has 20 heavy (non-hydrogen) atoms. The van der Waals surface area contributed by atoms with Gasteiger partial charge in [-0.1, -0.05) is 26.2 Å². The molecule has 1 amide bonds. The zero-order valence-electron chi connectivity index (χ0n) is 12.5. The number of carbonyl (C=O) groups is 2. The van der Waals surface area contributed by atoms with E-state index in [1.165, 1.54) is 19.3 Å². The molecule has 1 heterocycles. The molecule has 4 nitrogen and oxygen atoms in total. The van der Waals surface area contributed by atoms with Gasteiger partial charge in [0.25, 0.3) is 0 Å². The lowest BCUT2D eigenvalue weighted by atomic mass is 9.83. The van der Waals surface area contributed by atoms with Crippen molar-refractivity contribution in [3.8, 4) is 0 Å². The number of amides is 1. The average Bonchev–Trinajstić information content (AvgIpc) is 2.47. The molecule has 4 heteroatoms. The zero-order chi connectivity index (χ0) is 14.5. The summed E-state index contributed by atoms with van der Waals surface area (Å²) in [5.41, 5.74) is 0. The molecule has 0 aromatic carbocycles. The van der Waals surface area contributed by atoms with Gasteiger partial charge < -0.3 is 10.0 Å². The van der Waals surface area contributed by atoms with Crippen LogP contribution in [0.1, 0.15) is 58.3 Å². The minimum atomic E-state index is -0.728. The average molecular weight is 281 g/mol. The molecule has 0 aromatic heterocycles. The molecule has 0 spiro atoms. The van der Waals surface area contributed by atoms with Crippen molar-refractivity contribution in [3.05, 3.63) is 0 Å². The summed E-state index contributed by atoms with van der Waals surface area (Å²) in [6.45, 7) is 3.64. The Morgan fingerprint density at radius 3 is 2.50 bits per heavy atom. The monoisotopic (exact) mass is 281 g/mol. The van der Waals surface area contributed by atoms with Crippen molar-refractivity contribution in [2.24, 2.45) is 17.8 Å². The molecule has 114 valence electrons. The molecular weight excluding hydrogens is 254 g/mol. The van der Waals surface area contributed by atoms with Gasteiger partial charge in [-0.2, -0.15) is 0 Å². The first-order chi connectivity index (χ1) is 9.58. The van der Waals surface area contributed by atoms with E-state index in [0.717, 1.165) is 38.8 Å². The molecule has 1 aliphatic heterocycles. The molecule has 2 rings (SSSR count). The van der Waals surface area contributed by atoms with Gasteiger partial charge in [0.1, 0.15) is 0 Å². The summed E-state index contributed by atoms with van der Waals surface area (Å²) in [6.07, 6.45) is 8.02. The summed E-state index contributed by atoms with van der Waals surface area (Å²) in [7, 11) is 0. The minimum Gasteiger partial charge on any atom is -0.481 e. The number of carbonyl (C=O) groups excluding carboxylic acids is 1. The number of carboxylic acids is 1. The molecule has 1 aliphatic carbocycles. The highest BCUT2D eigenvalue weighted by atomic mass is 16.4. The first-order valence-corrected chi connectivity index (χ1v) is 8.08. The van der Waals surface area contributed by atoms with E-state index in [1.54, 1.807) is 0 Å². The predicted molar refractivity (Wildman–Crippen MR) is 77.3 cm³/mol. The van der Waals surface area contributed by atoms with Gasteiger partial charge in [-0.3, -0.25) is 9.59 Å². The highest BCUT2D eigenvalue weighted by Gasteiger charge is 2.31. The number of nitrogens with zero attached hydrogens (tertiary/aromatic N) is 1. The molecule has 0 aromatic rings. The fraction of sp³-hybridized carbons (Fsp3) is 0.875. The summed E-state index contributed by atoms with van der Waals surface area (Å²) >= 11 is 0. The Hall–Kier alpha value is -1.06. The molecule has 0 radical (unpaired) electrons. The maximum atomic E-state index is 12.6. The number of hydrogen-bond acceptors (Lipinski definition) is 2. The Kier molecular flexibility index (Phi) is 5.44. The van der Waals surface area contributed by atoms with Crippen LogP contribution in [-0.2, 0) is 9.59 Å². The van der Waals surface area contributed by atoms with Gasteiger partial charge in [0.15, 0.2) is 0 Å². The summed E-state index contributed by atoms with van der Waals surface area (Å²) in [6, 6.07) is 0. The van der Waals surface area contributed by atoms with Crippen LogP contribution in [0.3, 0.4) is 0 Å². The molecule has 2 fully saturated rings. The second-order valence-corrected chi connectivity index (χ2v) is 6.60. The van der Waals surface area contributed by atoms with Crippen molar-refractivity contribution in [2.75, 3.05) is 13.1 Å². The van der Waals surface area contributed by atoms with Crippen LogP contribution < -0.4 is 0 Å². The van der Waals surface area contributed by atoms with Crippen LogP contribution in [0.2, 0.25) is 0 Å². The van der Waals surface area contributed by atoms with Crippen molar-refractivity contribution >= 4 is 11.9 Å². The van der Waals surface area contributed by atoms with E-state index in [4.69, 9.17) is 5.11 Å². The van der Waals surface area contributed by atoms with Crippen LogP contribution in [0.5, 0.6) is 0 Å². The fourth-order valence-electron chi connectivity index (χ4n) is 3.72. The van der Waals surface area contributed by atoms with Gasteiger partial charge in [-0.25, -0.2) is 0 Å². The van der Waals surface area contributed by atoms with Crippen molar-refractivity contribution in [1.29, 1.82) is 0 Å². The van der Waals surface area contributed by atoms with E-state index in [-0.39, 0.29) is 18.3 Å². The lowest BCUT2D eigenvalue weighted by Crippen LogP contribution is -2.45. The van der Waals surface area contributed by atoms with Crippen LogP contribution in [0.25, 0.3) is 0 Å². The molecular formula is C16H27NO3. The Morgan fingerprint density at radius 1 is 1.15 bits per heavy atom. The van der Waals surface area contributed by atoms with Gasteiger partial charge >= 0.3 is 5.97 Å². The Labute approximate surface area is 121 Å². The standard InChI is InChI=1S/C16H27NO3/c1-12(10-15(18)19)14-8-5-9-17(11-14)16(20)13-6-3-2-4-7-13/h12-14H,2-11H2,1H3,(H,18,19). The van der Waals surface area contributed by atoms with Crippen LogP contribution in [-0.4, -0.2) is 35.0 Å². The summed E-state index contributed by atoms with van der Waals surface area (Å²) < 4.78 is 0. The SMILES string of the molecule is CC(CC(=O)O)C1CCCN(C(=O)C2CCCCC2)C1. The minimum absolute atomic E-state index is 0.162. The van der Waals surface area contributed by atoms with Gasteiger partial charge in [-0.05, 0) is 37.5 Å². The summed E-state index contributed by atoms with van der Waals surface area (Å²) in [5.74, 6) is 0.351. The quantitative estimate of drug-likeness (QED) is 0.862. The second-order valence-electron chi connectivity index (χ2n) is 6.60. The number of rotatable bonds is 4. The smallest absolute Gasteiger partial charge is 0.303 e. The molecule has 1 N–H and O–H groups in total. The van der Waals surface area contributed by atoms with E-state index in [1.807, 2.05) is 11.8 Å². The molecule has 0 bridgehead atoms. The highest BCUT2D eigenvalue weighted by Crippen LogP contribution is 2.30. The third-order valence-electron chi connectivity index (χ3n) is 5.03. The molecule has 2 atom stereocenters. The van der Waals surface area contributed by atoms with Gasteiger partial charge in [0.2, 0.25) is 5.91 Å². The Morgan fingerprint density at radius 2 is 1.85 bits per heavy atom. The van der Waals surface area contributed by atoms with Crippen LogP contribution in [0.4, 0.5) is 0 Å². The van der Waals surface area contributed by atoms with Crippen LogP contribution in [0, 0.1) is 17.8 Å². The molecule has 1 saturated carbocycles.